The quantitative estimate of drug-likeness (QED) is 0.649. The number of hydrogen-bond acceptors (Lipinski definition) is 5. The molecule has 1 atom stereocenters. The van der Waals surface area contributed by atoms with E-state index < -0.39 is 5.41 Å². The van der Waals surface area contributed by atoms with Crippen LogP contribution in [0.2, 0.25) is 0 Å². The van der Waals surface area contributed by atoms with Gasteiger partial charge < -0.3 is 9.80 Å². The van der Waals surface area contributed by atoms with E-state index in [0.29, 0.717) is 31.7 Å². The zero-order valence-electron chi connectivity index (χ0n) is 19.0. The molecule has 2 aliphatic rings. The predicted molar refractivity (Wildman–Crippen MR) is 121 cm³/mol. The minimum absolute atomic E-state index is 0.0129. The highest BCUT2D eigenvalue weighted by Crippen LogP contribution is 2.42. The van der Waals surface area contributed by atoms with Gasteiger partial charge in [-0.15, -0.1) is 0 Å². The lowest BCUT2D eigenvalue weighted by Crippen LogP contribution is -2.52. The summed E-state index contributed by atoms with van der Waals surface area (Å²) in [5, 5.41) is 0. The Hall–Kier alpha value is -3.55. The number of aromatic nitrogens is 1. The first-order valence-electron chi connectivity index (χ1n) is 11.1. The Labute approximate surface area is 193 Å². The predicted octanol–water partition coefficient (Wildman–Crippen LogP) is 1.67. The molecule has 1 aromatic heterocycles. The Balaban J connectivity index is 1.62. The second-order valence-electron chi connectivity index (χ2n) is 8.78. The fourth-order valence-corrected chi connectivity index (χ4v) is 4.83. The van der Waals surface area contributed by atoms with Crippen molar-refractivity contribution in [2.24, 2.45) is 0 Å². The highest BCUT2D eigenvalue weighted by atomic mass is 16.2. The van der Waals surface area contributed by atoms with Gasteiger partial charge in [-0.05, 0) is 29.7 Å². The van der Waals surface area contributed by atoms with Gasteiger partial charge in [0, 0.05) is 58.3 Å². The van der Waals surface area contributed by atoms with Crippen LogP contribution in [-0.2, 0) is 31.1 Å². The Morgan fingerprint density at radius 1 is 1.00 bits per heavy atom. The molecule has 8 heteroatoms. The Morgan fingerprint density at radius 3 is 2.33 bits per heavy atom. The molecular formula is C25H28N4O4. The second-order valence-corrected chi connectivity index (χ2v) is 8.78. The van der Waals surface area contributed by atoms with Crippen LogP contribution >= 0.6 is 0 Å². The van der Waals surface area contributed by atoms with Crippen molar-refractivity contribution in [1.82, 2.24) is 19.7 Å². The van der Waals surface area contributed by atoms with Crippen LogP contribution in [0.3, 0.4) is 0 Å². The summed E-state index contributed by atoms with van der Waals surface area (Å²) in [6.45, 7) is 5.33. The number of aryl methyl sites for hydroxylation is 1. The zero-order valence-corrected chi connectivity index (χ0v) is 19.0. The van der Waals surface area contributed by atoms with Gasteiger partial charge in [0.15, 0.2) is 0 Å². The lowest BCUT2D eigenvalue weighted by molar-refractivity contribution is -0.144. The van der Waals surface area contributed by atoms with E-state index in [1.165, 1.54) is 11.8 Å². The van der Waals surface area contributed by atoms with Crippen molar-refractivity contribution >= 4 is 23.6 Å². The lowest BCUT2D eigenvalue weighted by atomic mass is 9.74. The molecule has 4 amide bonds. The maximum Gasteiger partial charge on any atom is 0.241 e. The first kappa shape index (κ1) is 22.6. The molecule has 8 nitrogen and oxygen atoms in total. The first-order chi connectivity index (χ1) is 15.8. The molecule has 4 rings (SSSR count). The van der Waals surface area contributed by atoms with E-state index in [9.17, 15) is 19.2 Å². The summed E-state index contributed by atoms with van der Waals surface area (Å²) < 4.78 is 0. The molecule has 2 fully saturated rings. The maximum absolute atomic E-state index is 13.8. The van der Waals surface area contributed by atoms with Crippen LogP contribution in [0.5, 0.6) is 0 Å². The van der Waals surface area contributed by atoms with Crippen molar-refractivity contribution in [3.63, 3.8) is 0 Å². The van der Waals surface area contributed by atoms with Crippen molar-refractivity contribution in [3.05, 3.63) is 65.5 Å². The third-order valence-electron chi connectivity index (χ3n) is 6.66. The Bertz CT molecular complexity index is 1080. The van der Waals surface area contributed by atoms with E-state index in [1.54, 1.807) is 28.3 Å². The molecule has 3 heterocycles. The summed E-state index contributed by atoms with van der Waals surface area (Å²) in [5.41, 5.74) is 1.11. The number of piperazine rings is 1. The molecule has 0 N–H and O–H groups in total. The van der Waals surface area contributed by atoms with E-state index in [1.807, 2.05) is 37.3 Å². The van der Waals surface area contributed by atoms with Gasteiger partial charge in [-0.25, -0.2) is 0 Å². The van der Waals surface area contributed by atoms with Gasteiger partial charge >= 0.3 is 0 Å². The molecule has 0 spiro atoms. The molecule has 0 aliphatic carbocycles. The summed E-state index contributed by atoms with van der Waals surface area (Å²) in [4.78, 5) is 60.6. The number of nitrogens with zero attached hydrogens (tertiary/aromatic N) is 4. The summed E-state index contributed by atoms with van der Waals surface area (Å²) in [5.74, 6) is -0.824. The van der Waals surface area contributed by atoms with Crippen LogP contribution in [0.15, 0.2) is 48.8 Å². The van der Waals surface area contributed by atoms with E-state index in [-0.39, 0.29) is 43.0 Å². The maximum atomic E-state index is 13.8. The number of likely N-dealkylation sites (tertiary alicyclic amines) is 1. The molecule has 0 radical (unpaired) electrons. The van der Waals surface area contributed by atoms with Crippen molar-refractivity contribution in [3.8, 4) is 0 Å². The van der Waals surface area contributed by atoms with Crippen molar-refractivity contribution in [2.45, 2.75) is 38.6 Å². The standard InChI is InChI=1S/C25H28N4O4/c1-18-6-3-4-8-21(18)25(14-22(31)28-12-10-27(11-13-28)19(2)30)15-23(32)29(24(25)33)17-20-7-5-9-26-16-20/h3-9,16H,10-15,17H2,1-2H3. The zero-order chi connectivity index (χ0) is 23.6. The second kappa shape index (κ2) is 9.13. The summed E-state index contributed by atoms with van der Waals surface area (Å²) in [6, 6.07) is 11.0. The van der Waals surface area contributed by atoms with Crippen LogP contribution in [0, 0.1) is 6.92 Å². The van der Waals surface area contributed by atoms with Gasteiger partial charge in [0.1, 0.15) is 0 Å². The molecule has 2 saturated heterocycles. The topological polar surface area (TPSA) is 90.9 Å². The molecule has 1 unspecified atom stereocenters. The molecule has 0 saturated carbocycles. The van der Waals surface area contributed by atoms with Gasteiger partial charge in [-0.2, -0.15) is 0 Å². The molecule has 172 valence electrons. The van der Waals surface area contributed by atoms with Gasteiger partial charge in [0.25, 0.3) is 0 Å². The largest absolute Gasteiger partial charge is 0.339 e. The average molecular weight is 449 g/mol. The number of benzene rings is 1. The number of hydrogen-bond donors (Lipinski definition) is 0. The Kier molecular flexibility index (Phi) is 6.26. The van der Waals surface area contributed by atoms with Crippen LogP contribution in [0.25, 0.3) is 0 Å². The monoisotopic (exact) mass is 448 g/mol. The van der Waals surface area contributed by atoms with Gasteiger partial charge in [-0.1, -0.05) is 30.3 Å². The van der Waals surface area contributed by atoms with Gasteiger partial charge in [0.2, 0.25) is 23.6 Å². The van der Waals surface area contributed by atoms with Crippen molar-refractivity contribution in [1.29, 1.82) is 0 Å². The van der Waals surface area contributed by atoms with Crippen LogP contribution in [-0.4, -0.2) is 69.5 Å². The summed E-state index contributed by atoms with van der Waals surface area (Å²) in [7, 11) is 0. The van der Waals surface area contributed by atoms with Crippen LogP contribution < -0.4 is 0 Å². The molecule has 0 bridgehead atoms. The van der Waals surface area contributed by atoms with E-state index >= 15 is 0 Å². The molecule has 1 aromatic carbocycles. The van der Waals surface area contributed by atoms with E-state index in [0.717, 1.165) is 11.1 Å². The number of pyridine rings is 1. The number of imide groups is 1. The first-order valence-corrected chi connectivity index (χ1v) is 11.1. The fraction of sp³-hybridized carbons (Fsp3) is 0.400. The molecular weight excluding hydrogens is 420 g/mol. The van der Waals surface area contributed by atoms with Gasteiger partial charge in [-0.3, -0.25) is 29.1 Å². The summed E-state index contributed by atoms with van der Waals surface area (Å²) >= 11 is 0. The minimum Gasteiger partial charge on any atom is -0.339 e. The van der Waals surface area contributed by atoms with Gasteiger partial charge in [0.05, 0.1) is 12.0 Å². The summed E-state index contributed by atoms with van der Waals surface area (Å²) in [6.07, 6.45) is 3.15. The highest BCUT2D eigenvalue weighted by Gasteiger charge is 2.54. The SMILES string of the molecule is CC(=O)N1CCN(C(=O)CC2(c3ccccc3C)CC(=O)N(Cc3cccnc3)C2=O)CC1. The molecule has 2 aromatic rings. The third-order valence-corrected chi connectivity index (χ3v) is 6.66. The van der Waals surface area contributed by atoms with Crippen molar-refractivity contribution in [2.75, 3.05) is 26.2 Å². The smallest absolute Gasteiger partial charge is 0.241 e. The highest BCUT2D eigenvalue weighted by molar-refractivity contribution is 6.10. The normalized spacial score (nSPS) is 21.0. The minimum atomic E-state index is -1.24. The van der Waals surface area contributed by atoms with E-state index in [2.05, 4.69) is 4.98 Å². The average Bonchev–Trinajstić information content (AvgIpc) is 3.04. The van der Waals surface area contributed by atoms with E-state index in [4.69, 9.17) is 0 Å². The molecule has 2 aliphatic heterocycles. The number of rotatable bonds is 5. The van der Waals surface area contributed by atoms with Crippen molar-refractivity contribution < 1.29 is 19.2 Å². The van der Waals surface area contributed by atoms with Crippen LogP contribution in [0.4, 0.5) is 0 Å². The molecule has 33 heavy (non-hydrogen) atoms. The number of amides is 4. The third kappa shape index (κ3) is 4.37. The van der Waals surface area contributed by atoms with Crippen LogP contribution in [0.1, 0.15) is 36.5 Å². The number of carbonyl (C=O) groups is 4. The fourth-order valence-electron chi connectivity index (χ4n) is 4.83. The Morgan fingerprint density at radius 2 is 1.70 bits per heavy atom. The number of carbonyl (C=O) groups excluding carboxylic acids is 4. The lowest BCUT2D eigenvalue weighted by Gasteiger charge is -2.36.